The lowest BCUT2D eigenvalue weighted by molar-refractivity contribution is -0.107. The molecule has 0 N–H and O–H groups in total. The van der Waals surface area contributed by atoms with Crippen LogP contribution in [0, 0.1) is 0 Å². The van der Waals surface area contributed by atoms with E-state index in [1.807, 2.05) is 12.1 Å². The Balaban J connectivity index is 2.87. The Kier molecular flexibility index (Phi) is 3.45. The number of rotatable bonds is 3. The molecule has 72 valence electrons. The van der Waals surface area contributed by atoms with E-state index in [-0.39, 0.29) is 0 Å². The molecule has 1 aromatic carbocycles. The third-order valence-electron chi connectivity index (χ3n) is 1.82. The summed E-state index contributed by atoms with van der Waals surface area (Å²) in [5, 5.41) is 0. The van der Waals surface area contributed by atoms with E-state index < -0.39 is 9.06 Å². The van der Waals surface area contributed by atoms with Gasteiger partial charge in [-0.2, -0.15) is 9.06 Å². The first-order valence-corrected chi connectivity index (χ1v) is 7.52. The highest BCUT2D eigenvalue weighted by molar-refractivity contribution is 8.87. The van der Waals surface area contributed by atoms with E-state index in [4.69, 9.17) is 0 Å². The lowest BCUT2D eigenvalue weighted by Crippen LogP contribution is -1.89. The van der Waals surface area contributed by atoms with E-state index >= 15 is 0 Å². The number of benzene rings is 1. The van der Waals surface area contributed by atoms with Gasteiger partial charge in [0.1, 0.15) is 6.29 Å². The van der Waals surface area contributed by atoms with E-state index in [0.29, 0.717) is 6.42 Å². The van der Waals surface area contributed by atoms with Crippen LogP contribution in [-0.2, 0) is 11.2 Å². The molecule has 0 radical (unpaired) electrons. The summed E-state index contributed by atoms with van der Waals surface area (Å²) >= 11 is 4.54. The first-order chi connectivity index (χ1) is 6.04. The van der Waals surface area contributed by atoms with Crippen LogP contribution in [0.4, 0.5) is 0 Å². The van der Waals surface area contributed by atoms with Gasteiger partial charge in [-0.05, 0) is 35.1 Å². The first-order valence-electron chi connectivity index (χ1n) is 4.02. The Morgan fingerprint density at radius 3 is 2.23 bits per heavy atom. The second-order valence-corrected chi connectivity index (χ2v) is 9.04. The maximum absolute atomic E-state index is 10.2. The highest BCUT2D eigenvalue weighted by Gasteiger charge is 2.07. The molecule has 0 bridgehead atoms. The van der Waals surface area contributed by atoms with Crippen LogP contribution < -0.4 is 0 Å². The fraction of sp³-hybridized carbons (Fsp3) is 0.300. The normalized spacial score (nSPS) is 12.5. The topological polar surface area (TPSA) is 17.1 Å². The second kappa shape index (κ2) is 4.20. The van der Waals surface area contributed by atoms with Gasteiger partial charge in [-0.3, -0.25) is 0 Å². The Labute approximate surface area is 85.7 Å². The minimum absolute atomic E-state index is 0.503. The third kappa shape index (κ3) is 3.08. The highest BCUT2D eigenvalue weighted by Crippen LogP contribution is 2.52. The molecular formula is C10H14OS2. The van der Waals surface area contributed by atoms with Crippen molar-refractivity contribution in [3.8, 4) is 0 Å². The fourth-order valence-corrected chi connectivity index (χ4v) is 2.22. The predicted octanol–water partition coefficient (Wildman–Crippen LogP) is 2.70. The van der Waals surface area contributed by atoms with Gasteiger partial charge in [0, 0.05) is 6.42 Å². The van der Waals surface area contributed by atoms with Crippen molar-refractivity contribution in [3.05, 3.63) is 29.8 Å². The molecule has 1 aromatic rings. The molecule has 0 aliphatic heterocycles. The van der Waals surface area contributed by atoms with E-state index in [0.717, 1.165) is 11.8 Å². The van der Waals surface area contributed by atoms with Crippen LogP contribution >= 0.6 is 20.7 Å². The molecule has 1 rings (SSSR count). The van der Waals surface area contributed by atoms with E-state index in [2.05, 4.69) is 36.3 Å². The molecule has 1 nitrogen and oxygen atoms in total. The molecule has 0 aliphatic carbocycles. The van der Waals surface area contributed by atoms with Gasteiger partial charge in [0.05, 0.1) is 0 Å². The van der Waals surface area contributed by atoms with Gasteiger partial charge in [0.15, 0.2) is 0 Å². The van der Waals surface area contributed by atoms with E-state index in [9.17, 15) is 4.79 Å². The van der Waals surface area contributed by atoms with Gasteiger partial charge >= 0.3 is 0 Å². The molecule has 3 heteroatoms. The summed E-state index contributed by atoms with van der Waals surface area (Å²) in [6, 6.07) is 8.10. The van der Waals surface area contributed by atoms with Gasteiger partial charge in [0.25, 0.3) is 0 Å². The number of carbonyl (C=O) groups is 1. The van der Waals surface area contributed by atoms with Crippen LogP contribution in [0.2, 0.25) is 0 Å². The molecule has 0 saturated heterocycles. The largest absolute Gasteiger partial charge is 0.303 e. The van der Waals surface area contributed by atoms with Gasteiger partial charge in [-0.25, -0.2) is 0 Å². The van der Waals surface area contributed by atoms with E-state index in [1.54, 1.807) is 0 Å². The zero-order valence-electron chi connectivity index (χ0n) is 7.86. The molecule has 0 unspecified atom stereocenters. The molecular weight excluding hydrogens is 200 g/mol. The maximum atomic E-state index is 10.2. The van der Waals surface area contributed by atoms with Crippen molar-refractivity contribution >= 4 is 27.0 Å². The van der Waals surface area contributed by atoms with Crippen LogP contribution in [0.3, 0.4) is 0 Å². The standard InChI is InChI=1S/C10H14OS2/c1-13(2,12)10-5-3-9(4-6-10)7-8-11/h3-6,8,12H,7H2,1-2H3. The van der Waals surface area contributed by atoms with Gasteiger partial charge in [-0.15, -0.1) is 11.7 Å². The number of hydrogen-bond donors (Lipinski definition) is 1. The van der Waals surface area contributed by atoms with Crippen molar-refractivity contribution in [1.29, 1.82) is 0 Å². The van der Waals surface area contributed by atoms with Crippen LogP contribution in [-0.4, -0.2) is 18.8 Å². The number of hydrogen-bond acceptors (Lipinski definition) is 2. The molecule has 0 atom stereocenters. The lowest BCUT2D eigenvalue weighted by Gasteiger charge is -2.24. The number of carbonyl (C=O) groups excluding carboxylic acids is 1. The summed E-state index contributed by atoms with van der Waals surface area (Å²) in [4.78, 5) is 11.5. The zero-order valence-corrected chi connectivity index (χ0v) is 9.57. The molecule has 0 aliphatic rings. The monoisotopic (exact) mass is 214 g/mol. The van der Waals surface area contributed by atoms with Crippen molar-refractivity contribution in [2.24, 2.45) is 0 Å². The summed E-state index contributed by atoms with van der Waals surface area (Å²) in [5.41, 5.74) is 1.07. The van der Waals surface area contributed by atoms with Crippen LogP contribution in [0.1, 0.15) is 5.56 Å². The zero-order chi connectivity index (χ0) is 9.90. The van der Waals surface area contributed by atoms with Crippen molar-refractivity contribution < 1.29 is 4.79 Å². The van der Waals surface area contributed by atoms with Gasteiger partial charge < -0.3 is 4.79 Å². The molecule has 0 heterocycles. The summed E-state index contributed by atoms with van der Waals surface area (Å²) in [6.07, 6.45) is 5.69. The Hall–Kier alpha value is -0.410. The number of thiol groups is 1. The average molecular weight is 214 g/mol. The maximum Gasteiger partial charge on any atom is 0.124 e. The molecule has 13 heavy (non-hydrogen) atoms. The Bertz CT molecular complexity index is 285. The van der Waals surface area contributed by atoms with Gasteiger partial charge in [0.2, 0.25) is 0 Å². The van der Waals surface area contributed by atoms with Crippen LogP contribution in [0.25, 0.3) is 0 Å². The quantitative estimate of drug-likeness (QED) is 0.465. The summed E-state index contributed by atoms with van der Waals surface area (Å²) in [5.74, 6) is 0. The average Bonchev–Trinajstić information content (AvgIpc) is 2.04. The molecule has 0 fully saturated rings. The third-order valence-corrected chi connectivity index (χ3v) is 3.88. The molecule has 0 spiro atoms. The van der Waals surface area contributed by atoms with E-state index in [1.165, 1.54) is 4.90 Å². The summed E-state index contributed by atoms with van der Waals surface area (Å²) < 4.78 is 0. The summed E-state index contributed by atoms with van der Waals surface area (Å²) in [7, 11) is -0.928. The van der Waals surface area contributed by atoms with Gasteiger partial charge in [-0.1, -0.05) is 12.1 Å². The minimum Gasteiger partial charge on any atom is -0.303 e. The SMILES string of the molecule is CS(C)(S)c1ccc(CC=O)cc1. The van der Waals surface area contributed by atoms with Crippen LogP contribution in [0.5, 0.6) is 0 Å². The second-order valence-electron chi connectivity index (χ2n) is 3.29. The van der Waals surface area contributed by atoms with Crippen molar-refractivity contribution in [2.45, 2.75) is 11.3 Å². The number of aldehydes is 1. The van der Waals surface area contributed by atoms with Crippen molar-refractivity contribution in [3.63, 3.8) is 0 Å². The summed E-state index contributed by atoms with van der Waals surface area (Å²) in [6.45, 7) is 0. The van der Waals surface area contributed by atoms with Crippen LogP contribution in [0.15, 0.2) is 29.2 Å². The first kappa shape index (κ1) is 10.7. The highest BCUT2D eigenvalue weighted by atomic mass is 33.1. The lowest BCUT2D eigenvalue weighted by atomic mass is 10.2. The smallest absolute Gasteiger partial charge is 0.124 e. The predicted molar refractivity (Wildman–Crippen MR) is 62.9 cm³/mol. The molecule has 0 amide bonds. The van der Waals surface area contributed by atoms with Crippen molar-refractivity contribution in [1.82, 2.24) is 0 Å². The molecule has 0 aromatic heterocycles. The van der Waals surface area contributed by atoms with Crippen molar-refractivity contribution in [2.75, 3.05) is 12.5 Å². The molecule has 0 saturated carbocycles. The minimum atomic E-state index is -0.928. The Morgan fingerprint density at radius 2 is 1.85 bits per heavy atom. The fourth-order valence-electron chi connectivity index (χ4n) is 1.05. The Morgan fingerprint density at radius 1 is 1.31 bits per heavy atom.